The number of ketones is 1. The molecule has 0 aromatic heterocycles. The summed E-state index contributed by atoms with van der Waals surface area (Å²) in [6, 6.07) is 8.73. The van der Waals surface area contributed by atoms with Crippen molar-refractivity contribution < 1.29 is 4.79 Å². The van der Waals surface area contributed by atoms with Gasteiger partial charge in [-0.25, -0.2) is 0 Å². The number of Topliss-reactive ketones (excluding diaryl/α,β-unsaturated/α-hetero) is 1. The van der Waals surface area contributed by atoms with Crippen LogP contribution in [-0.4, -0.2) is 12.5 Å². The maximum absolute atomic E-state index is 11.1. The molecule has 100 valence electrons. The van der Waals surface area contributed by atoms with Gasteiger partial charge >= 0.3 is 0 Å². The van der Waals surface area contributed by atoms with E-state index in [1.807, 2.05) is 13.8 Å². The fraction of sp³-hybridized carbons (Fsp3) is 0.500. The number of carbonyl (C=O) groups excluding carboxylic acids is 1. The van der Waals surface area contributed by atoms with Crippen molar-refractivity contribution in [3.05, 3.63) is 35.4 Å². The quantitative estimate of drug-likeness (QED) is 0.729. The first kappa shape index (κ1) is 16.6. The molecule has 1 fully saturated rings. The molecule has 0 amide bonds. The van der Waals surface area contributed by atoms with Gasteiger partial charge in [0.1, 0.15) is 5.78 Å². The van der Waals surface area contributed by atoms with Crippen molar-refractivity contribution >= 4 is 12.5 Å². The van der Waals surface area contributed by atoms with Gasteiger partial charge in [0.15, 0.2) is 0 Å². The van der Waals surface area contributed by atoms with Crippen molar-refractivity contribution in [2.45, 2.75) is 52.4 Å². The van der Waals surface area contributed by atoms with E-state index in [0.29, 0.717) is 11.7 Å². The molecule has 0 unspecified atom stereocenters. The van der Waals surface area contributed by atoms with E-state index in [4.69, 9.17) is 5.41 Å². The minimum atomic E-state index is 0.438. The SMILES string of the molecule is C=N.CC.Cc1ccc(C2CCC(=O)CC2)cc1. The van der Waals surface area contributed by atoms with Gasteiger partial charge in [0, 0.05) is 12.8 Å². The van der Waals surface area contributed by atoms with Crippen molar-refractivity contribution in [1.82, 2.24) is 0 Å². The molecule has 1 aliphatic carbocycles. The van der Waals surface area contributed by atoms with Crippen molar-refractivity contribution in [3.8, 4) is 0 Å². The Bertz CT molecular complexity index is 333. The van der Waals surface area contributed by atoms with E-state index in [2.05, 4.69) is 37.9 Å². The second kappa shape index (κ2) is 9.58. The summed E-state index contributed by atoms with van der Waals surface area (Å²) in [6.45, 7) is 8.61. The third-order valence-corrected chi connectivity index (χ3v) is 3.09. The Kier molecular flexibility index (Phi) is 8.81. The first-order chi connectivity index (χ1) is 8.75. The van der Waals surface area contributed by atoms with Crippen LogP contribution in [0.25, 0.3) is 0 Å². The van der Waals surface area contributed by atoms with Crippen LogP contribution in [-0.2, 0) is 4.79 Å². The van der Waals surface area contributed by atoms with Gasteiger partial charge in [-0.1, -0.05) is 43.7 Å². The molecule has 1 aromatic rings. The highest BCUT2D eigenvalue weighted by Crippen LogP contribution is 2.30. The molecule has 1 aliphatic rings. The van der Waals surface area contributed by atoms with Gasteiger partial charge < -0.3 is 5.41 Å². The van der Waals surface area contributed by atoms with Crippen molar-refractivity contribution in [3.63, 3.8) is 0 Å². The van der Waals surface area contributed by atoms with Gasteiger partial charge in [0.25, 0.3) is 0 Å². The lowest BCUT2D eigenvalue weighted by Gasteiger charge is -2.21. The zero-order valence-electron chi connectivity index (χ0n) is 11.8. The second-order valence-electron chi connectivity index (χ2n) is 4.22. The molecule has 0 aliphatic heterocycles. The van der Waals surface area contributed by atoms with Gasteiger partial charge in [-0.3, -0.25) is 4.79 Å². The van der Waals surface area contributed by atoms with Crippen LogP contribution in [0.1, 0.15) is 56.6 Å². The van der Waals surface area contributed by atoms with Crippen LogP contribution < -0.4 is 0 Å². The van der Waals surface area contributed by atoms with E-state index in [-0.39, 0.29) is 0 Å². The standard InChI is InChI=1S/C13H16O.C2H6.CH3N/c1-10-2-4-11(5-3-10)12-6-8-13(14)9-7-12;2*1-2/h2-5,12H,6-9H2,1H3;1-2H3;2H,1H2. The highest BCUT2D eigenvalue weighted by molar-refractivity contribution is 5.79. The van der Waals surface area contributed by atoms with Gasteiger partial charge in [-0.15, -0.1) is 0 Å². The zero-order chi connectivity index (χ0) is 14.0. The van der Waals surface area contributed by atoms with Crippen LogP contribution in [0.3, 0.4) is 0 Å². The number of rotatable bonds is 1. The Labute approximate surface area is 111 Å². The molecule has 1 aromatic carbocycles. The summed E-state index contributed by atoms with van der Waals surface area (Å²) in [7, 11) is 0. The van der Waals surface area contributed by atoms with E-state index in [1.165, 1.54) is 11.1 Å². The fourth-order valence-electron chi connectivity index (χ4n) is 2.11. The number of hydrogen-bond donors (Lipinski definition) is 1. The second-order valence-corrected chi connectivity index (χ2v) is 4.22. The predicted octanol–water partition coefficient (Wildman–Crippen LogP) is 4.51. The van der Waals surface area contributed by atoms with Crippen LogP contribution in [0.2, 0.25) is 0 Å². The molecular formula is C16H25NO. The molecule has 2 rings (SSSR count). The molecule has 18 heavy (non-hydrogen) atoms. The summed E-state index contributed by atoms with van der Waals surface area (Å²) < 4.78 is 0. The predicted molar refractivity (Wildman–Crippen MR) is 78.6 cm³/mol. The summed E-state index contributed by atoms with van der Waals surface area (Å²) in [5, 5.41) is 5.50. The van der Waals surface area contributed by atoms with Gasteiger partial charge in [-0.2, -0.15) is 0 Å². The van der Waals surface area contributed by atoms with Crippen molar-refractivity contribution in [2.24, 2.45) is 0 Å². The third kappa shape index (κ3) is 5.26. The Morgan fingerprint density at radius 1 is 1.06 bits per heavy atom. The topological polar surface area (TPSA) is 40.9 Å². The van der Waals surface area contributed by atoms with Crippen molar-refractivity contribution in [1.29, 1.82) is 5.41 Å². The fourth-order valence-corrected chi connectivity index (χ4v) is 2.11. The number of nitrogens with one attached hydrogen (secondary N) is 1. The number of carbonyl (C=O) groups is 1. The molecule has 0 atom stereocenters. The summed E-state index contributed by atoms with van der Waals surface area (Å²) in [5.41, 5.74) is 2.71. The summed E-state index contributed by atoms with van der Waals surface area (Å²) >= 11 is 0. The maximum atomic E-state index is 11.1. The lowest BCUT2D eigenvalue weighted by atomic mass is 9.83. The minimum absolute atomic E-state index is 0.438. The Morgan fingerprint density at radius 3 is 1.94 bits per heavy atom. The molecule has 1 N–H and O–H groups in total. The van der Waals surface area contributed by atoms with E-state index >= 15 is 0 Å². The molecule has 0 saturated heterocycles. The highest BCUT2D eigenvalue weighted by atomic mass is 16.1. The third-order valence-electron chi connectivity index (χ3n) is 3.09. The molecule has 0 spiro atoms. The first-order valence-corrected chi connectivity index (χ1v) is 6.69. The highest BCUT2D eigenvalue weighted by Gasteiger charge is 2.19. The van der Waals surface area contributed by atoms with Gasteiger partial charge in [0.05, 0.1) is 0 Å². The van der Waals surface area contributed by atoms with E-state index in [1.54, 1.807) is 0 Å². The monoisotopic (exact) mass is 247 g/mol. The summed E-state index contributed by atoms with van der Waals surface area (Å²) in [5.74, 6) is 1.06. The van der Waals surface area contributed by atoms with Crippen LogP contribution in [0.4, 0.5) is 0 Å². The Balaban J connectivity index is 0.000000659. The number of hydrogen-bond acceptors (Lipinski definition) is 2. The first-order valence-electron chi connectivity index (χ1n) is 6.69. The number of aryl methyl sites for hydroxylation is 1. The van der Waals surface area contributed by atoms with E-state index in [0.717, 1.165) is 25.7 Å². The van der Waals surface area contributed by atoms with Crippen LogP contribution >= 0.6 is 0 Å². The molecule has 0 heterocycles. The lowest BCUT2D eigenvalue weighted by molar-refractivity contribution is -0.120. The molecule has 0 bridgehead atoms. The lowest BCUT2D eigenvalue weighted by Crippen LogP contribution is -2.12. The molecule has 2 nitrogen and oxygen atoms in total. The number of benzene rings is 1. The molecule has 2 heteroatoms. The van der Waals surface area contributed by atoms with Crippen LogP contribution in [0, 0.1) is 12.3 Å². The zero-order valence-corrected chi connectivity index (χ0v) is 11.8. The average Bonchev–Trinajstić information content (AvgIpc) is 2.45. The van der Waals surface area contributed by atoms with Crippen LogP contribution in [0.5, 0.6) is 0 Å². The Morgan fingerprint density at radius 2 is 1.50 bits per heavy atom. The molecule has 0 radical (unpaired) electrons. The summed E-state index contributed by atoms with van der Waals surface area (Å²) in [6.07, 6.45) is 3.64. The van der Waals surface area contributed by atoms with Crippen molar-refractivity contribution in [2.75, 3.05) is 0 Å². The van der Waals surface area contributed by atoms with Crippen LogP contribution in [0.15, 0.2) is 24.3 Å². The van der Waals surface area contributed by atoms with Gasteiger partial charge in [0.2, 0.25) is 0 Å². The Hall–Kier alpha value is -1.44. The summed E-state index contributed by atoms with van der Waals surface area (Å²) in [4.78, 5) is 11.1. The minimum Gasteiger partial charge on any atom is -0.317 e. The smallest absolute Gasteiger partial charge is 0.132 e. The molecular weight excluding hydrogens is 222 g/mol. The normalized spacial score (nSPS) is 14.9. The average molecular weight is 247 g/mol. The molecule has 1 saturated carbocycles. The largest absolute Gasteiger partial charge is 0.317 e. The van der Waals surface area contributed by atoms with Gasteiger partial charge in [-0.05, 0) is 38.0 Å². The van der Waals surface area contributed by atoms with E-state index < -0.39 is 0 Å². The van der Waals surface area contributed by atoms with E-state index in [9.17, 15) is 4.79 Å². The maximum Gasteiger partial charge on any atom is 0.132 e.